The number of halogens is 3. The number of hydrogen-bond donors (Lipinski definition) is 2. The lowest BCUT2D eigenvalue weighted by atomic mass is 10.1. The first-order chi connectivity index (χ1) is 8.86. The summed E-state index contributed by atoms with van der Waals surface area (Å²) in [5.74, 6) is 0. The molecule has 0 atom stereocenters. The summed E-state index contributed by atoms with van der Waals surface area (Å²) in [5, 5.41) is 6.97. The van der Waals surface area contributed by atoms with E-state index in [2.05, 4.69) is 10.4 Å². The number of aryl methyl sites for hydroxylation is 1. The number of nitrogens with zero attached hydrogens (tertiary/aromatic N) is 2. The van der Waals surface area contributed by atoms with E-state index in [9.17, 15) is 13.2 Å². The lowest BCUT2D eigenvalue weighted by Crippen LogP contribution is -2.07. The van der Waals surface area contributed by atoms with Gasteiger partial charge in [-0.2, -0.15) is 18.3 Å². The molecule has 0 spiro atoms. The Hall–Kier alpha value is -2.18. The Morgan fingerprint density at radius 2 is 2.11 bits per heavy atom. The highest BCUT2D eigenvalue weighted by Crippen LogP contribution is 2.32. The van der Waals surface area contributed by atoms with E-state index >= 15 is 0 Å². The zero-order valence-electron chi connectivity index (χ0n) is 10.2. The summed E-state index contributed by atoms with van der Waals surface area (Å²) in [5.41, 5.74) is 6.31. The third-order valence-electron chi connectivity index (χ3n) is 2.62. The maximum Gasteiger partial charge on any atom is 0.416 e. The second-order valence-electron chi connectivity index (χ2n) is 4.18. The van der Waals surface area contributed by atoms with Gasteiger partial charge < -0.3 is 11.1 Å². The van der Waals surface area contributed by atoms with Crippen LogP contribution in [0.3, 0.4) is 0 Å². The molecular formula is C12H13F3N4. The van der Waals surface area contributed by atoms with Crippen molar-refractivity contribution in [2.75, 3.05) is 11.1 Å². The van der Waals surface area contributed by atoms with Crippen molar-refractivity contribution in [3.8, 4) is 0 Å². The lowest BCUT2D eigenvalue weighted by Gasteiger charge is -2.12. The number of anilines is 2. The van der Waals surface area contributed by atoms with Crippen LogP contribution in [-0.2, 0) is 19.8 Å². The van der Waals surface area contributed by atoms with Crippen LogP contribution in [0.2, 0.25) is 0 Å². The van der Waals surface area contributed by atoms with Crippen LogP contribution in [-0.4, -0.2) is 9.78 Å². The Morgan fingerprint density at radius 3 is 2.63 bits per heavy atom. The summed E-state index contributed by atoms with van der Waals surface area (Å²) in [6.07, 6.45) is -0.892. The number of nitrogens with two attached hydrogens (primary N) is 1. The van der Waals surface area contributed by atoms with Crippen molar-refractivity contribution >= 4 is 11.4 Å². The van der Waals surface area contributed by atoms with Gasteiger partial charge in [-0.05, 0) is 18.2 Å². The molecule has 0 aliphatic heterocycles. The molecule has 0 radical (unpaired) electrons. The molecule has 3 N–H and O–H groups in total. The highest BCUT2D eigenvalue weighted by molar-refractivity contribution is 5.67. The normalized spacial score (nSPS) is 11.6. The molecule has 1 aromatic carbocycles. The summed E-state index contributed by atoms with van der Waals surface area (Å²) >= 11 is 0. The molecule has 2 rings (SSSR count). The Bertz CT molecular complexity index is 575. The molecule has 1 heterocycles. The topological polar surface area (TPSA) is 55.9 Å². The summed E-state index contributed by atoms with van der Waals surface area (Å²) in [4.78, 5) is 0. The number of aromatic nitrogens is 2. The molecule has 0 aliphatic rings. The van der Waals surface area contributed by atoms with Crippen LogP contribution < -0.4 is 11.1 Å². The second-order valence-corrected chi connectivity index (χ2v) is 4.18. The zero-order chi connectivity index (χ0) is 14.0. The van der Waals surface area contributed by atoms with E-state index in [0.29, 0.717) is 12.2 Å². The molecule has 7 heteroatoms. The third-order valence-corrected chi connectivity index (χ3v) is 2.62. The Kier molecular flexibility index (Phi) is 3.37. The fraction of sp³-hybridized carbons (Fsp3) is 0.250. The number of nitrogen functional groups attached to an aromatic ring is 1. The van der Waals surface area contributed by atoms with Crippen molar-refractivity contribution in [3.05, 3.63) is 41.7 Å². The molecule has 0 saturated carbocycles. The van der Waals surface area contributed by atoms with Gasteiger partial charge in [0.1, 0.15) is 0 Å². The molecule has 1 aromatic heterocycles. The van der Waals surface area contributed by atoms with E-state index in [0.717, 1.165) is 17.7 Å². The number of benzene rings is 1. The van der Waals surface area contributed by atoms with E-state index in [1.807, 2.05) is 6.20 Å². The van der Waals surface area contributed by atoms with E-state index in [1.165, 1.54) is 6.07 Å². The predicted octanol–water partition coefficient (Wildman–Crippen LogP) is 2.63. The number of alkyl halides is 3. The first-order valence-electron chi connectivity index (χ1n) is 5.54. The molecule has 0 saturated heterocycles. The predicted molar refractivity (Wildman–Crippen MR) is 66.4 cm³/mol. The molecule has 0 amide bonds. The van der Waals surface area contributed by atoms with Gasteiger partial charge in [-0.15, -0.1) is 0 Å². The van der Waals surface area contributed by atoms with Gasteiger partial charge in [0.25, 0.3) is 0 Å². The van der Waals surface area contributed by atoms with Crippen LogP contribution in [0.4, 0.5) is 24.5 Å². The molecular weight excluding hydrogens is 257 g/mol. The second kappa shape index (κ2) is 4.83. The van der Waals surface area contributed by atoms with Crippen molar-refractivity contribution in [3.63, 3.8) is 0 Å². The van der Waals surface area contributed by atoms with Crippen molar-refractivity contribution in [1.82, 2.24) is 9.78 Å². The van der Waals surface area contributed by atoms with Crippen molar-refractivity contribution in [2.24, 2.45) is 7.05 Å². The smallest absolute Gasteiger partial charge is 0.397 e. The first-order valence-corrected chi connectivity index (χ1v) is 5.54. The van der Waals surface area contributed by atoms with Crippen LogP contribution in [0.15, 0.2) is 30.6 Å². The summed E-state index contributed by atoms with van der Waals surface area (Å²) < 4.78 is 39.0. The zero-order valence-corrected chi connectivity index (χ0v) is 10.2. The summed E-state index contributed by atoms with van der Waals surface area (Å²) in [6.45, 7) is 0.448. The van der Waals surface area contributed by atoms with E-state index in [4.69, 9.17) is 5.73 Å². The minimum atomic E-state index is -4.38. The van der Waals surface area contributed by atoms with Gasteiger partial charge in [0, 0.05) is 25.4 Å². The maximum absolute atomic E-state index is 12.5. The average molecular weight is 270 g/mol. The molecule has 102 valence electrons. The SMILES string of the molecule is Cn1cc(CNc2ccc(C(F)(F)F)cc2N)cn1. The van der Waals surface area contributed by atoms with Gasteiger partial charge in [-0.25, -0.2) is 0 Å². The fourth-order valence-corrected chi connectivity index (χ4v) is 1.66. The molecule has 0 aliphatic carbocycles. The van der Waals surface area contributed by atoms with Gasteiger partial charge >= 0.3 is 6.18 Å². The Labute approximate surface area is 108 Å². The quantitative estimate of drug-likeness (QED) is 0.843. The summed E-state index contributed by atoms with van der Waals surface area (Å²) in [7, 11) is 1.79. The number of nitrogens with one attached hydrogen (secondary N) is 1. The lowest BCUT2D eigenvalue weighted by molar-refractivity contribution is -0.137. The van der Waals surface area contributed by atoms with Gasteiger partial charge in [-0.3, -0.25) is 4.68 Å². The van der Waals surface area contributed by atoms with Crippen LogP contribution in [0.25, 0.3) is 0 Å². The summed E-state index contributed by atoms with van der Waals surface area (Å²) in [6, 6.07) is 3.25. The van der Waals surface area contributed by atoms with Crippen molar-refractivity contribution in [2.45, 2.75) is 12.7 Å². The highest BCUT2D eigenvalue weighted by atomic mass is 19.4. The minimum Gasteiger partial charge on any atom is -0.397 e. The van der Waals surface area contributed by atoms with Crippen LogP contribution in [0.1, 0.15) is 11.1 Å². The Balaban J connectivity index is 2.09. The largest absolute Gasteiger partial charge is 0.416 e. The van der Waals surface area contributed by atoms with Gasteiger partial charge in [0.2, 0.25) is 0 Å². The maximum atomic E-state index is 12.5. The van der Waals surface area contributed by atoms with Gasteiger partial charge in [-0.1, -0.05) is 0 Å². The number of rotatable bonds is 3. The highest BCUT2D eigenvalue weighted by Gasteiger charge is 2.30. The Morgan fingerprint density at radius 1 is 1.37 bits per heavy atom. The average Bonchev–Trinajstić information content (AvgIpc) is 2.72. The minimum absolute atomic E-state index is 0.0683. The molecule has 0 bridgehead atoms. The molecule has 0 fully saturated rings. The van der Waals surface area contributed by atoms with Gasteiger partial charge in [0.05, 0.1) is 23.1 Å². The van der Waals surface area contributed by atoms with Crippen LogP contribution in [0.5, 0.6) is 0 Å². The standard InChI is InChI=1S/C12H13F3N4/c1-19-7-8(6-18-19)5-17-11-3-2-9(4-10(11)16)12(13,14)15/h2-4,6-7,17H,5,16H2,1H3. The van der Waals surface area contributed by atoms with Crippen molar-refractivity contribution in [1.29, 1.82) is 0 Å². The van der Waals surface area contributed by atoms with Crippen LogP contribution >= 0.6 is 0 Å². The molecule has 4 nitrogen and oxygen atoms in total. The monoisotopic (exact) mass is 270 g/mol. The molecule has 2 aromatic rings. The molecule has 19 heavy (non-hydrogen) atoms. The van der Waals surface area contributed by atoms with Crippen LogP contribution in [0, 0.1) is 0 Å². The first kappa shape index (κ1) is 13.3. The third kappa shape index (κ3) is 3.18. The molecule has 0 unspecified atom stereocenters. The van der Waals surface area contributed by atoms with Crippen molar-refractivity contribution < 1.29 is 13.2 Å². The number of hydrogen-bond acceptors (Lipinski definition) is 3. The van der Waals surface area contributed by atoms with E-state index < -0.39 is 11.7 Å². The fourth-order valence-electron chi connectivity index (χ4n) is 1.66. The van der Waals surface area contributed by atoms with E-state index in [-0.39, 0.29) is 5.69 Å². The van der Waals surface area contributed by atoms with E-state index in [1.54, 1.807) is 17.9 Å². The van der Waals surface area contributed by atoms with Gasteiger partial charge in [0.15, 0.2) is 0 Å².